The van der Waals surface area contributed by atoms with Gasteiger partial charge >= 0.3 is 0 Å². The van der Waals surface area contributed by atoms with E-state index < -0.39 is 0 Å². The van der Waals surface area contributed by atoms with Gasteiger partial charge in [0.25, 0.3) is 5.56 Å². The van der Waals surface area contributed by atoms with Gasteiger partial charge in [-0.2, -0.15) is 0 Å². The van der Waals surface area contributed by atoms with Crippen LogP contribution < -0.4 is 16.2 Å². The molecule has 27 heavy (non-hydrogen) atoms. The Hall–Kier alpha value is -3.00. The predicted molar refractivity (Wildman–Crippen MR) is 104 cm³/mol. The van der Waals surface area contributed by atoms with Crippen molar-refractivity contribution in [3.63, 3.8) is 0 Å². The first-order chi connectivity index (χ1) is 13.1. The molecular formula is C19H22N6O2. The number of rotatable bonds is 5. The van der Waals surface area contributed by atoms with Crippen molar-refractivity contribution in [3.8, 4) is 0 Å². The van der Waals surface area contributed by atoms with Gasteiger partial charge < -0.3 is 20.3 Å². The zero-order valence-electron chi connectivity index (χ0n) is 15.1. The molecule has 3 heterocycles. The highest BCUT2D eigenvalue weighted by Gasteiger charge is 2.25. The van der Waals surface area contributed by atoms with Crippen molar-refractivity contribution >= 4 is 28.2 Å². The number of aryl methyl sites for hydroxylation is 1. The van der Waals surface area contributed by atoms with Crippen LogP contribution in [-0.2, 0) is 7.05 Å². The van der Waals surface area contributed by atoms with Gasteiger partial charge in [0.05, 0.1) is 11.6 Å². The number of hydrogen-bond donors (Lipinski definition) is 3. The number of aromatic nitrogens is 4. The zero-order valence-corrected chi connectivity index (χ0v) is 15.1. The van der Waals surface area contributed by atoms with Gasteiger partial charge in [-0.1, -0.05) is 0 Å². The van der Waals surface area contributed by atoms with Gasteiger partial charge in [-0.3, -0.25) is 9.78 Å². The molecule has 3 N–H and O–H groups in total. The summed E-state index contributed by atoms with van der Waals surface area (Å²) in [6.45, 7) is 0.197. The third kappa shape index (κ3) is 3.61. The van der Waals surface area contributed by atoms with Gasteiger partial charge in [0, 0.05) is 38.3 Å². The minimum absolute atomic E-state index is 0.0924. The fourth-order valence-corrected chi connectivity index (χ4v) is 3.59. The lowest BCUT2D eigenvalue weighted by atomic mass is 10.1. The Balaban J connectivity index is 1.74. The maximum atomic E-state index is 12.7. The quantitative estimate of drug-likeness (QED) is 0.634. The van der Waals surface area contributed by atoms with Gasteiger partial charge in [0.1, 0.15) is 17.5 Å². The Labute approximate surface area is 156 Å². The maximum absolute atomic E-state index is 12.7. The predicted octanol–water partition coefficient (Wildman–Crippen LogP) is 2.04. The number of aliphatic hydroxyl groups excluding tert-OH is 1. The number of fused-ring (bicyclic) bond motifs is 1. The standard InChI is InChI=1S/C19H22N6O2/c1-25-7-4-13-9-15(23-16-10-20-5-6-21-16)24-18(17(13)19(25)27)22-14-3-2-12(8-14)11-26/h4-7,9-10,12,14,26H,2-3,8,11H2,1H3,(H2,21,22,23,24)/t12-,14+/m1/s1. The molecule has 0 bridgehead atoms. The Bertz CT molecular complexity index is 1000. The fraction of sp³-hybridized carbons (Fsp3) is 0.368. The van der Waals surface area contributed by atoms with Crippen LogP contribution in [0.25, 0.3) is 10.8 Å². The lowest BCUT2D eigenvalue weighted by Gasteiger charge is -2.17. The minimum Gasteiger partial charge on any atom is -0.396 e. The van der Waals surface area contributed by atoms with E-state index in [1.54, 1.807) is 36.4 Å². The van der Waals surface area contributed by atoms with E-state index in [0.717, 1.165) is 24.6 Å². The highest BCUT2D eigenvalue weighted by atomic mass is 16.3. The molecule has 140 valence electrons. The van der Waals surface area contributed by atoms with Crippen LogP contribution in [0.4, 0.5) is 17.5 Å². The molecule has 0 aliphatic heterocycles. The van der Waals surface area contributed by atoms with E-state index in [1.807, 2.05) is 12.1 Å². The van der Waals surface area contributed by atoms with E-state index in [1.165, 1.54) is 0 Å². The first-order valence-electron chi connectivity index (χ1n) is 9.05. The van der Waals surface area contributed by atoms with Crippen molar-refractivity contribution in [2.45, 2.75) is 25.3 Å². The number of anilines is 3. The maximum Gasteiger partial charge on any atom is 0.261 e. The highest BCUT2D eigenvalue weighted by Crippen LogP contribution is 2.30. The van der Waals surface area contributed by atoms with Crippen LogP contribution in [0.3, 0.4) is 0 Å². The van der Waals surface area contributed by atoms with Crippen molar-refractivity contribution < 1.29 is 5.11 Å². The lowest BCUT2D eigenvalue weighted by Crippen LogP contribution is -2.22. The molecule has 1 fully saturated rings. The number of nitrogens with one attached hydrogen (secondary N) is 2. The van der Waals surface area contributed by atoms with Crippen LogP contribution >= 0.6 is 0 Å². The number of nitrogens with zero attached hydrogens (tertiary/aromatic N) is 4. The summed E-state index contributed by atoms with van der Waals surface area (Å²) in [4.78, 5) is 25.6. The van der Waals surface area contributed by atoms with Crippen molar-refractivity contribution in [1.82, 2.24) is 19.5 Å². The molecule has 1 aliphatic carbocycles. The summed E-state index contributed by atoms with van der Waals surface area (Å²) in [5, 5.41) is 17.3. The summed E-state index contributed by atoms with van der Waals surface area (Å²) in [5.41, 5.74) is -0.0924. The lowest BCUT2D eigenvalue weighted by molar-refractivity contribution is 0.229. The van der Waals surface area contributed by atoms with Gasteiger partial charge in [0.15, 0.2) is 0 Å². The molecule has 0 unspecified atom stereocenters. The van der Waals surface area contributed by atoms with E-state index >= 15 is 0 Å². The van der Waals surface area contributed by atoms with Crippen molar-refractivity contribution in [3.05, 3.63) is 47.3 Å². The second kappa shape index (κ2) is 7.32. The summed E-state index contributed by atoms with van der Waals surface area (Å²) in [5.74, 6) is 2.04. The van der Waals surface area contributed by atoms with Gasteiger partial charge in [0.2, 0.25) is 0 Å². The average Bonchev–Trinajstić information content (AvgIpc) is 3.13. The third-order valence-corrected chi connectivity index (χ3v) is 5.02. The number of pyridine rings is 2. The molecule has 8 heteroatoms. The highest BCUT2D eigenvalue weighted by molar-refractivity contribution is 5.93. The van der Waals surface area contributed by atoms with E-state index in [0.29, 0.717) is 28.8 Å². The Kier molecular flexibility index (Phi) is 4.72. The molecule has 0 radical (unpaired) electrons. The van der Waals surface area contributed by atoms with Crippen molar-refractivity contribution in [2.24, 2.45) is 13.0 Å². The molecule has 0 aromatic carbocycles. The average molecular weight is 366 g/mol. The minimum atomic E-state index is -0.0924. The van der Waals surface area contributed by atoms with E-state index in [2.05, 4.69) is 25.6 Å². The number of aliphatic hydroxyl groups is 1. The molecule has 1 aliphatic rings. The summed E-state index contributed by atoms with van der Waals surface area (Å²) < 4.78 is 1.55. The van der Waals surface area contributed by atoms with Gasteiger partial charge in [-0.05, 0) is 42.7 Å². The molecule has 3 aromatic heterocycles. The van der Waals surface area contributed by atoms with Gasteiger partial charge in [-0.25, -0.2) is 9.97 Å². The van der Waals surface area contributed by atoms with Crippen LogP contribution in [0.15, 0.2) is 41.7 Å². The normalized spacial score (nSPS) is 19.3. The molecule has 0 spiro atoms. The van der Waals surface area contributed by atoms with Crippen molar-refractivity contribution in [2.75, 3.05) is 17.2 Å². The smallest absolute Gasteiger partial charge is 0.261 e. The Morgan fingerprint density at radius 1 is 1.30 bits per heavy atom. The monoisotopic (exact) mass is 366 g/mol. The van der Waals surface area contributed by atoms with Gasteiger partial charge in [-0.15, -0.1) is 0 Å². The molecule has 1 saturated carbocycles. The summed E-state index contributed by atoms with van der Waals surface area (Å²) in [6.07, 6.45) is 9.36. The summed E-state index contributed by atoms with van der Waals surface area (Å²) in [6, 6.07) is 3.92. The SMILES string of the molecule is Cn1ccc2cc(Nc3cnccn3)nc(N[C@H]3CC[C@@H](CO)C3)c2c1=O. The second-order valence-electron chi connectivity index (χ2n) is 6.97. The largest absolute Gasteiger partial charge is 0.396 e. The topological polar surface area (TPSA) is 105 Å². The molecule has 2 atom stereocenters. The van der Waals surface area contributed by atoms with Crippen LogP contribution in [0, 0.1) is 5.92 Å². The molecule has 4 rings (SSSR count). The first-order valence-corrected chi connectivity index (χ1v) is 9.05. The zero-order chi connectivity index (χ0) is 18.8. The summed E-state index contributed by atoms with van der Waals surface area (Å²) in [7, 11) is 1.73. The van der Waals surface area contributed by atoms with E-state index in [9.17, 15) is 9.90 Å². The van der Waals surface area contributed by atoms with E-state index in [-0.39, 0.29) is 18.2 Å². The summed E-state index contributed by atoms with van der Waals surface area (Å²) >= 11 is 0. The van der Waals surface area contributed by atoms with Crippen LogP contribution in [0.2, 0.25) is 0 Å². The van der Waals surface area contributed by atoms with Crippen molar-refractivity contribution in [1.29, 1.82) is 0 Å². The second-order valence-corrected chi connectivity index (χ2v) is 6.97. The Morgan fingerprint density at radius 2 is 2.19 bits per heavy atom. The molecule has 3 aromatic rings. The fourth-order valence-electron chi connectivity index (χ4n) is 3.59. The molecule has 0 amide bonds. The molecule has 8 nitrogen and oxygen atoms in total. The van der Waals surface area contributed by atoms with Crippen LogP contribution in [0.5, 0.6) is 0 Å². The third-order valence-electron chi connectivity index (χ3n) is 5.02. The first kappa shape index (κ1) is 17.4. The molecule has 0 saturated heterocycles. The number of hydrogen-bond acceptors (Lipinski definition) is 7. The van der Waals surface area contributed by atoms with E-state index in [4.69, 9.17) is 0 Å². The van der Waals surface area contributed by atoms with Crippen LogP contribution in [-0.4, -0.2) is 37.3 Å². The Morgan fingerprint density at radius 3 is 2.93 bits per heavy atom. The van der Waals surface area contributed by atoms with Crippen LogP contribution in [0.1, 0.15) is 19.3 Å². The molecular weight excluding hydrogens is 344 g/mol.